The lowest BCUT2D eigenvalue weighted by Crippen LogP contribution is -2.18. The van der Waals surface area contributed by atoms with Gasteiger partial charge in [-0.3, -0.25) is 9.59 Å². The van der Waals surface area contributed by atoms with Gasteiger partial charge in [-0.25, -0.2) is 0 Å². The number of rotatable bonds is 8. The average molecular weight is 537 g/mol. The molecule has 1 unspecified atom stereocenters. The fourth-order valence-corrected chi connectivity index (χ4v) is 4.46. The van der Waals surface area contributed by atoms with Gasteiger partial charge in [0.05, 0.1) is 18.1 Å². The fraction of sp³-hybridized carbons (Fsp3) is 0.286. The van der Waals surface area contributed by atoms with E-state index in [0.717, 1.165) is 12.1 Å². The van der Waals surface area contributed by atoms with Gasteiger partial charge in [0.15, 0.2) is 5.78 Å². The van der Waals surface area contributed by atoms with Gasteiger partial charge in [0.1, 0.15) is 0 Å². The van der Waals surface area contributed by atoms with E-state index in [4.69, 9.17) is 27.9 Å². The van der Waals surface area contributed by atoms with E-state index in [1.165, 1.54) is 30.3 Å². The number of ether oxygens (including phenoxy) is 1. The third-order valence-corrected chi connectivity index (χ3v) is 6.00. The van der Waals surface area contributed by atoms with Crippen LogP contribution in [0.1, 0.15) is 60.2 Å². The summed E-state index contributed by atoms with van der Waals surface area (Å²) in [5.41, 5.74) is 1.22. The molecule has 0 saturated carbocycles. The van der Waals surface area contributed by atoms with Gasteiger partial charge >= 0.3 is 12.1 Å². The maximum atomic E-state index is 13.4. The molecule has 8 heteroatoms. The van der Waals surface area contributed by atoms with Crippen molar-refractivity contribution in [3.63, 3.8) is 0 Å². The summed E-state index contributed by atoms with van der Waals surface area (Å²) in [6.45, 7) is 5.83. The maximum absolute atomic E-state index is 13.4. The summed E-state index contributed by atoms with van der Waals surface area (Å²) in [4.78, 5) is 26.3. The molecule has 0 aliphatic heterocycles. The van der Waals surface area contributed by atoms with Gasteiger partial charge in [-0.15, -0.1) is 0 Å². The summed E-state index contributed by atoms with van der Waals surface area (Å²) in [5.74, 6) is -1.34. The SMILES string of the molecule is CCOC(=O)C(CC(C)C)c1cc(C(=O)c2cc(Cl)cc(Cl)c2)cc(-c2ccc(C(F)(F)F)cc2)c1. The average Bonchev–Trinajstić information content (AvgIpc) is 2.80. The van der Waals surface area contributed by atoms with Gasteiger partial charge < -0.3 is 4.74 Å². The molecular weight excluding hydrogens is 512 g/mol. The van der Waals surface area contributed by atoms with Crippen LogP contribution in [-0.2, 0) is 15.7 Å². The van der Waals surface area contributed by atoms with Crippen LogP contribution in [-0.4, -0.2) is 18.4 Å². The molecule has 190 valence electrons. The van der Waals surface area contributed by atoms with Crippen LogP contribution in [0.3, 0.4) is 0 Å². The highest BCUT2D eigenvalue weighted by atomic mass is 35.5. The van der Waals surface area contributed by atoms with E-state index < -0.39 is 23.6 Å². The summed E-state index contributed by atoms with van der Waals surface area (Å²) in [6, 6.07) is 14.0. The first kappa shape index (κ1) is 27.8. The summed E-state index contributed by atoms with van der Waals surface area (Å²) >= 11 is 12.2. The van der Waals surface area contributed by atoms with E-state index in [0.29, 0.717) is 23.1 Å². The Kier molecular flexibility index (Phi) is 8.85. The van der Waals surface area contributed by atoms with Gasteiger partial charge in [0.2, 0.25) is 0 Å². The van der Waals surface area contributed by atoms with Crippen LogP contribution in [0.15, 0.2) is 60.7 Å². The molecule has 0 N–H and O–H groups in total. The zero-order chi connectivity index (χ0) is 26.6. The van der Waals surface area contributed by atoms with Crippen LogP contribution in [0.4, 0.5) is 13.2 Å². The Labute approximate surface area is 218 Å². The normalized spacial score (nSPS) is 12.5. The Bertz CT molecular complexity index is 1230. The molecule has 0 bridgehead atoms. The molecule has 0 aliphatic carbocycles. The van der Waals surface area contributed by atoms with E-state index in [1.807, 2.05) is 13.8 Å². The van der Waals surface area contributed by atoms with Gasteiger partial charge in [-0.2, -0.15) is 13.2 Å². The standard InChI is InChI=1S/C28H25Cl2F3O3/c1-4-36-27(35)25(9-16(2)3)19-10-18(17-5-7-22(8-6-17)28(31,32)33)11-20(12-19)26(34)21-13-23(29)15-24(30)14-21/h5-8,10-16,25H,4,9H2,1-3H3. The first-order valence-corrected chi connectivity index (χ1v) is 12.1. The molecule has 1 atom stereocenters. The predicted octanol–water partition coefficient (Wildman–Crippen LogP) is 8.60. The minimum absolute atomic E-state index is 0.139. The predicted molar refractivity (Wildman–Crippen MR) is 136 cm³/mol. The number of esters is 1. The monoisotopic (exact) mass is 536 g/mol. The number of carbonyl (C=O) groups is 2. The maximum Gasteiger partial charge on any atom is 0.416 e. The second-order valence-electron chi connectivity index (χ2n) is 8.84. The summed E-state index contributed by atoms with van der Waals surface area (Å²) in [7, 11) is 0. The third-order valence-electron chi connectivity index (χ3n) is 5.57. The van der Waals surface area contributed by atoms with Crippen molar-refractivity contribution in [1.29, 1.82) is 0 Å². The van der Waals surface area contributed by atoms with Crippen molar-refractivity contribution in [3.05, 3.63) is 93.0 Å². The molecule has 0 aromatic heterocycles. The van der Waals surface area contributed by atoms with Gasteiger partial charge in [-0.05, 0) is 78.4 Å². The van der Waals surface area contributed by atoms with E-state index >= 15 is 0 Å². The zero-order valence-electron chi connectivity index (χ0n) is 20.0. The van der Waals surface area contributed by atoms with Crippen LogP contribution in [0.2, 0.25) is 10.0 Å². The van der Waals surface area contributed by atoms with Crippen molar-refractivity contribution < 1.29 is 27.5 Å². The molecule has 3 rings (SSSR count). The van der Waals surface area contributed by atoms with Gasteiger partial charge in [0.25, 0.3) is 0 Å². The number of hydrogen-bond donors (Lipinski definition) is 0. The van der Waals surface area contributed by atoms with Crippen molar-refractivity contribution in [2.24, 2.45) is 5.92 Å². The topological polar surface area (TPSA) is 43.4 Å². The Morgan fingerprint density at radius 3 is 1.97 bits per heavy atom. The van der Waals surface area contributed by atoms with E-state index in [1.54, 1.807) is 25.1 Å². The van der Waals surface area contributed by atoms with Crippen LogP contribution in [0, 0.1) is 5.92 Å². The largest absolute Gasteiger partial charge is 0.466 e. The van der Waals surface area contributed by atoms with Crippen LogP contribution in [0.25, 0.3) is 11.1 Å². The summed E-state index contributed by atoms with van der Waals surface area (Å²) < 4.78 is 44.5. The summed E-state index contributed by atoms with van der Waals surface area (Å²) in [6.07, 6.45) is -4.01. The van der Waals surface area contributed by atoms with Gasteiger partial charge in [-0.1, -0.05) is 55.2 Å². The lowest BCUT2D eigenvalue weighted by atomic mass is 9.86. The van der Waals surface area contributed by atoms with Crippen molar-refractivity contribution in [1.82, 2.24) is 0 Å². The molecule has 3 nitrogen and oxygen atoms in total. The number of ketones is 1. The summed E-state index contributed by atoms with van der Waals surface area (Å²) in [5, 5.41) is 0.573. The number of carbonyl (C=O) groups excluding carboxylic acids is 2. The Morgan fingerprint density at radius 2 is 1.44 bits per heavy atom. The highest BCUT2D eigenvalue weighted by Gasteiger charge is 2.30. The molecule has 0 amide bonds. The molecule has 36 heavy (non-hydrogen) atoms. The van der Waals surface area contributed by atoms with Crippen molar-refractivity contribution >= 4 is 35.0 Å². The van der Waals surface area contributed by atoms with Gasteiger partial charge in [0, 0.05) is 21.2 Å². The smallest absolute Gasteiger partial charge is 0.416 e. The fourth-order valence-electron chi connectivity index (χ4n) is 3.94. The lowest BCUT2D eigenvalue weighted by Gasteiger charge is -2.20. The molecule has 0 radical (unpaired) electrons. The van der Waals surface area contributed by atoms with Crippen LogP contribution < -0.4 is 0 Å². The highest BCUT2D eigenvalue weighted by molar-refractivity contribution is 6.35. The van der Waals surface area contributed by atoms with Crippen molar-refractivity contribution in [2.45, 2.75) is 39.3 Å². The first-order chi connectivity index (χ1) is 16.9. The molecule has 3 aromatic carbocycles. The third kappa shape index (κ3) is 6.89. The second kappa shape index (κ2) is 11.5. The molecule has 0 fully saturated rings. The molecule has 0 saturated heterocycles. The van der Waals surface area contributed by atoms with E-state index in [2.05, 4.69) is 0 Å². The zero-order valence-corrected chi connectivity index (χ0v) is 21.5. The number of benzene rings is 3. The Morgan fingerprint density at radius 1 is 0.861 bits per heavy atom. The quantitative estimate of drug-likeness (QED) is 0.214. The molecule has 3 aromatic rings. The van der Waals surface area contributed by atoms with Crippen molar-refractivity contribution in [2.75, 3.05) is 6.61 Å². The lowest BCUT2D eigenvalue weighted by molar-refractivity contribution is -0.145. The minimum atomic E-state index is -4.47. The van der Waals surface area contributed by atoms with Crippen molar-refractivity contribution in [3.8, 4) is 11.1 Å². The molecular formula is C28H25Cl2F3O3. The Balaban J connectivity index is 2.18. The highest BCUT2D eigenvalue weighted by Crippen LogP contribution is 2.34. The first-order valence-electron chi connectivity index (χ1n) is 11.4. The molecule has 0 heterocycles. The van der Waals surface area contributed by atoms with Crippen LogP contribution >= 0.6 is 23.2 Å². The molecule has 0 spiro atoms. The van der Waals surface area contributed by atoms with E-state index in [9.17, 15) is 22.8 Å². The van der Waals surface area contributed by atoms with E-state index in [-0.39, 0.29) is 39.5 Å². The number of hydrogen-bond acceptors (Lipinski definition) is 3. The molecule has 0 aliphatic rings. The number of halogens is 5. The Hall–Kier alpha value is -2.83. The second-order valence-corrected chi connectivity index (χ2v) is 9.71. The number of alkyl halides is 3. The van der Waals surface area contributed by atoms with Crippen LogP contribution in [0.5, 0.6) is 0 Å². The minimum Gasteiger partial charge on any atom is -0.466 e.